The summed E-state index contributed by atoms with van der Waals surface area (Å²) in [6.07, 6.45) is 0. The van der Waals surface area contributed by atoms with Crippen molar-refractivity contribution >= 4 is 34.8 Å². The van der Waals surface area contributed by atoms with Crippen molar-refractivity contribution < 1.29 is 26.9 Å². The molecule has 61 heavy (non-hydrogen) atoms. The Hall–Kier alpha value is -5.54. The molecule has 0 aliphatic carbocycles. The second kappa shape index (κ2) is 19.4. The molecule has 0 bridgehead atoms. The third kappa shape index (κ3) is 11.1. The molecular formula is C56H52AuN2OP. The van der Waals surface area contributed by atoms with Gasteiger partial charge in [-0.25, -0.2) is 0 Å². The quantitative estimate of drug-likeness (QED) is 0.0864. The Bertz CT molecular complexity index is 2480. The number of hydrogen-bond donors (Lipinski definition) is 0. The summed E-state index contributed by atoms with van der Waals surface area (Å²) in [5.74, 6) is 0. The third-order valence-electron chi connectivity index (χ3n) is 10.7. The predicted molar refractivity (Wildman–Crippen MR) is 255 cm³/mol. The van der Waals surface area contributed by atoms with Crippen LogP contribution in [0.15, 0.2) is 188 Å². The molecule has 0 fully saturated rings. The number of rotatable bonds is 8. The predicted octanol–water partition coefficient (Wildman–Crippen LogP) is 14.2. The van der Waals surface area contributed by atoms with Crippen LogP contribution in [-0.2, 0) is 37.8 Å². The molecule has 7 aromatic carbocycles. The fraction of sp³-hybridized carbons (Fsp3) is 0.161. The van der Waals surface area contributed by atoms with Gasteiger partial charge < -0.3 is 14.4 Å². The zero-order valence-corrected chi connectivity index (χ0v) is 39.0. The zero-order valence-electron chi connectivity index (χ0n) is 35.9. The first-order valence-corrected chi connectivity index (χ1v) is 22.6. The van der Waals surface area contributed by atoms with E-state index in [0.717, 1.165) is 61.3 Å². The van der Waals surface area contributed by atoms with Crippen molar-refractivity contribution in [1.29, 1.82) is 0 Å². The molecule has 1 aromatic heterocycles. The smallest absolute Gasteiger partial charge is 0.345 e. The van der Waals surface area contributed by atoms with Crippen LogP contribution in [0.4, 0.5) is 17.1 Å². The second-order valence-corrected chi connectivity index (χ2v) is 20.1. The van der Waals surface area contributed by atoms with E-state index in [0.29, 0.717) is 0 Å². The van der Waals surface area contributed by atoms with Gasteiger partial charge in [-0.1, -0.05) is 150 Å². The Morgan fingerprint density at radius 2 is 0.902 bits per heavy atom. The Balaban J connectivity index is 0.000000259. The summed E-state index contributed by atoms with van der Waals surface area (Å²) in [6.45, 7) is 15.1. The van der Waals surface area contributed by atoms with E-state index in [-0.39, 0.29) is 33.2 Å². The van der Waals surface area contributed by atoms with Gasteiger partial charge in [0, 0.05) is 22.0 Å². The van der Waals surface area contributed by atoms with Crippen LogP contribution in [0, 0.1) is 18.2 Å². The SMILES string of the molecule is CC(C)(C)c1c[c-]c(-c2cc(-c3ccc(P(C)(=O)c4ccccc4)cc3)cc(-c3[c-]cc(C(C)(C)C)cc3)n2)cc1.[Au+3].[c-]1ccc(N(c2ccccc2)c2ccccc2)cc1. The summed E-state index contributed by atoms with van der Waals surface area (Å²) < 4.78 is 13.7. The standard InChI is InChI=1S/C38H38NOP.C18H14N.Au/c1-37(2,3)31-19-13-28(14-20-31)35-25-30(26-36(39-35)29-15-21-32(22-16-29)38(4,5)6)27-17-23-34(24-18-27)41(7,40)33-11-9-8-10-12-33;1-4-10-16(11-5-1)19(17-12-6-2-7-13-17)18-14-8-3-9-15-18;/h8-13,15,17-26H,1-7H3;1-2,4-15H;/q-2;-1;+3. The molecule has 0 radical (unpaired) electrons. The van der Waals surface area contributed by atoms with Crippen molar-refractivity contribution in [3.8, 4) is 33.6 Å². The summed E-state index contributed by atoms with van der Waals surface area (Å²) >= 11 is 0. The van der Waals surface area contributed by atoms with Gasteiger partial charge in [0.1, 0.15) is 7.14 Å². The monoisotopic (exact) mass is 996 g/mol. The van der Waals surface area contributed by atoms with Gasteiger partial charge in [-0.3, -0.25) is 0 Å². The van der Waals surface area contributed by atoms with Crippen molar-refractivity contribution in [3.63, 3.8) is 0 Å². The molecule has 0 aliphatic heterocycles. The first-order chi connectivity index (χ1) is 28.8. The zero-order chi connectivity index (χ0) is 42.3. The van der Waals surface area contributed by atoms with Crippen molar-refractivity contribution in [1.82, 2.24) is 4.98 Å². The van der Waals surface area contributed by atoms with Crippen LogP contribution in [-0.4, -0.2) is 11.6 Å². The maximum absolute atomic E-state index is 13.7. The topological polar surface area (TPSA) is 33.2 Å². The largest absolute Gasteiger partial charge is 3.00 e. The van der Waals surface area contributed by atoms with Gasteiger partial charge in [0.2, 0.25) is 0 Å². The Morgan fingerprint density at radius 3 is 1.31 bits per heavy atom. The van der Waals surface area contributed by atoms with Crippen LogP contribution in [0.2, 0.25) is 0 Å². The van der Waals surface area contributed by atoms with E-state index in [1.165, 1.54) is 11.1 Å². The fourth-order valence-corrected chi connectivity index (χ4v) is 8.76. The number of para-hydroxylation sites is 2. The van der Waals surface area contributed by atoms with E-state index >= 15 is 0 Å². The van der Waals surface area contributed by atoms with Gasteiger partial charge in [-0.15, -0.1) is 82.9 Å². The van der Waals surface area contributed by atoms with E-state index < -0.39 is 7.14 Å². The number of nitrogens with zero attached hydrogens (tertiary/aromatic N) is 2. The molecule has 308 valence electrons. The fourth-order valence-electron chi connectivity index (χ4n) is 7.00. The van der Waals surface area contributed by atoms with Gasteiger partial charge in [-0.2, -0.15) is 18.2 Å². The van der Waals surface area contributed by atoms with Crippen LogP contribution < -0.4 is 15.5 Å². The Morgan fingerprint density at radius 1 is 0.492 bits per heavy atom. The summed E-state index contributed by atoms with van der Waals surface area (Å²) in [4.78, 5) is 7.30. The molecule has 0 amide bonds. The molecule has 0 N–H and O–H groups in total. The summed E-state index contributed by atoms with van der Waals surface area (Å²) in [5, 5.41) is 1.71. The molecule has 3 nitrogen and oxygen atoms in total. The Labute approximate surface area is 379 Å². The van der Waals surface area contributed by atoms with E-state index in [2.05, 4.69) is 186 Å². The van der Waals surface area contributed by atoms with Crippen LogP contribution >= 0.6 is 7.14 Å². The molecule has 0 saturated heterocycles. The minimum absolute atomic E-state index is 0. The summed E-state index contributed by atoms with van der Waals surface area (Å²) in [5.41, 5.74) is 11.7. The summed E-state index contributed by atoms with van der Waals surface area (Å²) in [7, 11) is -2.68. The Kier molecular flexibility index (Phi) is 14.3. The molecule has 1 heterocycles. The van der Waals surface area contributed by atoms with Gasteiger partial charge in [0.15, 0.2) is 0 Å². The molecule has 1 unspecified atom stereocenters. The maximum atomic E-state index is 13.7. The molecular weight excluding hydrogens is 945 g/mol. The minimum atomic E-state index is -2.68. The molecule has 0 saturated carbocycles. The average Bonchev–Trinajstić information content (AvgIpc) is 3.27. The average molecular weight is 997 g/mol. The number of anilines is 3. The molecule has 5 heteroatoms. The van der Waals surface area contributed by atoms with Crippen LogP contribution in [0.5, 0.6) is 0 Å². The van der Waals surface area contributed by atoms with E-state index in [1.54, 1.807) is 0 Å². The summed E-state index contributed by atoms with van der Waals surface area (Å²) in [6, 6.07) is 73.6. The normalized spacial score (nSPS) is 12.2. The van der Waals surface area contributed by atoms with Crippen LogP contribution in [0.25, 0.3) is 33.6 Å². The van der Waals surface area contributed by atoms with Crippen LogP contribution in [0.1, 0.15) is 52.7 Å². The molecule has 8 rings (SSSR count). The van der Waals surface area contributed by atoms with E-state index in [9.17, 15) is 4.57 Å². The van der Waals surface area contributed by atoms with Gasteiger partial charge in [0.05, 0.1) is 0 Å². The molecule has 8 aromatic rings. The van der Waals surface area contributed by atoms with Crippen molar-refractivity contribution in [3.05, 3.63) is 217 Å². The van der Waals surface area contributed by atoms with E-state index in [1.807, 2.05) is 73.4 Å². The number of hydrogen-bond acceptors (Lipinski definition) is 3. The third-order valence-corrected chi connectivity index (χ3v) is 13.2. The van der Waals surface area contributed by atoms with Crippen molar-refractivity contribution in [2.24, 2.45) is 0 Å². The number of aromatic nitrogens is 1. The van der Waals surface area contributed by atoms with Crippen molar-refractivity contribution in [2.45, 2.75) is 52.4 Å². The number of pyridine rings is 1. The molecule has 0 spiro atoms. The maximum Gasteiger partial charge on any atom is 3.00 e. The van der Waals surface area contributed by atoms with Crippen LogP contribution in [0.3, 0.4) is 0 Å². The molecule has 0 aliphatic rings. The molecule has 1 atom stereocenters. The van der Waals surface area contributed by atoms with E-state index in [4.69, 9.17) is 4.98 Å². The van der Waals surface area contributed by atoms with Gasteiger partial charge >= 0.3 is 22.4 Å². The number of benzene rings is 7. The van der Waals surface area contributed by atoms with Gasteiger partial charge in [-0.05, 0) is 64.3 Å². The van der Waals surface area contributed by atoms with Gasteiger partial charge in [0.25, 0.3) is 0 Å². The second-order valence-electron chi connectivity index (χ2n) is 17.2. The van der Waals surface area contributed by atoms with Crippen molar-refractivity contribution in [2.75, 3.05) is 11.6 Å². The first kappa shape index (κ1) is 45.0. The minimum Gasteiger partial charge on any atom is -0.345 e. The first-order valence-electron chi connectivity index (χ1n) is 20.5.